The Morgan fingerprint density at radius 3 is 2.76 bits per heavy atom. The summed E-state index contributed by atoms with van der Waals surface area (Å²) in [5, 5.41) is 10.2. The average Bonchev–Trinajstić information content (AvgIpc) is 2.68. The minimum Gasteiger partial charge on any atom is -0.481 e. The van der Waals surface area contributed by atoms with Crippen LogP contribution in [-0.2, 0) is 11.3 Å². The molecule has 0 aliphatic carbocycles. The predicted molar refractivity (Wildman–Crippen MR) is 68.4 cm³/mol. The maximum atomic E-state index is 11.1. The summed E-state index contributed by atoms with van der Waals surface area (Å²) in [7, 11) is 0. The van der Waals surface area contributed by atoms with Crippen molar-refractivity contribution in [3.63, 3.8) is 0 Å². The van der Waals surface area contributed by atoms with Crippen LogP contribution in [0.25, 0.3) is 10.9 Å². The highest BCUT2D eigenvalue weighted by molar-refractivity contribution is 5.91. The fourth-order valence-corrected chi connectivity index (χ4v) is 2.30. The van der Waals surface area contributed by atoms with Gasteiger partial charge in [-0.1, -0.05) is 18.2 Å². The van der Waals surface area contributed by atoms with Gasteiger partial charge in [-0.3, -0.25) is 4.79 Å². The quantitative estimate of drug-likeness (QED) is 0.881. The molecule has 0 bridgehead atoms. The molecule has 2 rings (SSSR count). The molecule has 3 heteroatoms. The lowest BCUT2D eigenvalue weighted by atomic mass is 10.00. The van der Waals surface area contributed by atoms with E-state index in [2.05, 4.69) is 24.5 Å². The highest BCUT2D eigenvalue weighted by atomic mass is 16.4. The van der Waals surface area contributed by atoms with Crippen LogP contribution in [0.15, 0.2) is 24.4 Å². The first-order chi connectivity index (χ1) is 8.06. The molecule has 1 N–H and O–H groups in total. The van der Waals surface area contributed by atoms with Crippen molar-refractivity contribution in [2.24, 2.45) is 0 Å². The van der Waals surface area contributed by atoms with E-state index in [4.69, 9.17) is 5.11 Å². The molecule has 1 aromatic carbocycles. The monoisotopic (exact) mass is 231 g/mol. The normalized spacial score (nSPS) is 12.9. The molecule has 1 atom stereocenters. The third-order valence-corrected chi connectivity index (χ3v) is 3.31. The molecule has 0 amide bonds. The number of nitrogens with zero attached hydrogens (tertiary/aromatic N) is 1. The fourth-order valence-electron chi connectivity index (χ4n) is 2.30. The van der Waals surface area contributed by atoms with Crippen LogP contribution >= 0.6 is 0 Å². The molecule has 1 unspecified atom stereocenters. The minimum absolute atomic E-state index is 0.466. The van der Waals surface area contributed by atoms with Crippen LogP contribution in [0.4, 0.5) is 0 Å². The van der Waals surface area contributed by atoms with Gasteiger partial charge in [0.05, 0.1) is 11.4 Å². The second-order valence-corrected chi connectivity index (χ2v) is 4.40. The molecular weight excluding hydrogens is 214 g/mol. The van der Waals surface area contributed by atoms with Crippen molar-refractivity contribution < 1.29 is 9.90 Å². The van der Waals surface area contributed by atoms with Crippen molar-refractivity contribution in [3.05, 3.63) is 35.5 Å². The van der Waals surface area contributed by atoms with Gasteiger partial charge in [0.25, 0.3) is 0 Å². The zero-order chi connectivity index (χ0) is 12.6. The number of aryl methyl sites for hydroxylation is 2. The summed E-state index contributed by atoms with van der Waals surface area (Å²) in [5.41, 5.74) is 3.24. The Bertz CT molecular complexity index is 569. The molecule has 0 saturated heterocycles. The Morgan fingerprint density at radius 2 is 2.18 bits per heavy atom. The molecule has 1 aromatic heterocycles. The molecule has 0 spiro atoms. The number of fused-ring (bicyclic) bond motifs is 1. The van der Waals surface area contributed by atoms with Crippen LogP contribution in [0.2, 0.25) is 0 Å². The number of aliphatic carboxylic acids is 1. The zero-order valence-electron chi connectivity index (χ0n) is 10.4. The maximum Gasteiger partial charge on any atom is 0.310 e. The first-order valence-corrected chi connectivity index (χ1v) is 5.87. The Hall–Kier alpha value is -1.77. The average molecular weight is 231 g/mol. The van der Waals surface area contributed by atoms with E-state index in [1.54, 1.807) is 6.92 Å². The Kier molecular flexibility index (Phi) is 2.92. The van der Waals surface area contributed by atoms with Gasteiger partial charge in [0.2, 0.25) is 0 Å². The van der Waals surface area contributed by atoms with Crippen LogP contribution < -0.4 is 0 Å². The Morgan fingerprint density at radius 1 is 1.47 bits per heavy atom. The van der Waals surface area contributed by atoms with Gasteiger partial charge in [-0.2, -0.15) is 0 Å². The number of carboxylic acids is 1. The van der Waals surface area contributed by atoms with Gasteiger partial charge in [-0.05, 0) is 31.9 Å². The first-order valence-electron chi connectivity index (χ1n) is 5.87. The van der Waals surface area contributed by atoms with Gasteiger partial charge in [0.15, 0.2) is 0 Å². The topological polar surface area (TPSA) is 42.2 Å². The van der Waals surface area contributed by atoms with Crippen molar-refractivity contribution in [2.45, 2.75) is 33.2 Å². The lowest BCUT2D eigenvalue weighted by Crippen LogP contribution is -2.06. The van der Waals surface area contributed by atoms with Crippen molar-refractivity contribution in [1.29, 1.82) is 0 Å². The number of hydrogen-bond acceptors (Lipinski definition) is 1. The third kappa shape index (κ3) is 1.82. The summed E-state index contributed by atoms with van der Waals surface area (Å²) in [6.07, 6.45) is 1.97. The van der Waals surface area contributed by atoms with E-state index in [0.29, 0.717) is 0 Å². The number of carbonyl (C=O) groups is 1. The maximum absolute atomic E-state index is 11.1. The van der Waals surface area contributed by atoms with Gasteiger partial charge < -0.3 is 9.67 Å². The number of hydrogen-bond donors (Lipinski definition) is 1. The molecule has 0 fully saturated rings. The van der Waals surface area contributed by atoms with Crippen LogP contribution in [0, 0.1) is 6.92 Å². The molecule has 17 heavy (non-hydrogen) atoms. The van der Waals surface area contributed by atoms with Crippen molar-refractivity contribution >= 4 is 16.9 Å². The van der Waals surface area contributed by atoms with Gasteiger partial charge in [-0.25, -0.2) is 0 Å². The lowest BCUT2D eigenvalue weighted by Gasteiger charge is -2.04. The van der Waals surface area contributed by atoms with E-state index in [0.717, 1.165) is 23.0 Å². The molecule has 0 aliphatic heterocycles. The van der Waals surface area contributed by atoms with Crippen LogP contribution in [0.5, 0.6) is 0 Å². The van der Waals surface area contributed by atoms with E-state index in [1.165, 1.54) is 5.56 Å². The molecule has 3 nitrogen and oxygen atoms in total. The second-order valence-electron chi connectivity index (χ2n) is 4.40. The first kappa shape index (κ1) is 11.7. The van der Waals surface area contributed by atoms with Gasteiger partial charge in [0, 0.05) is 18.1 Å². The minimum atomic E-state index is -0.776. The molecule has 90 valence electrons. The van der Waals surface area contributed by atoms with Gasteiger partial charge >= 0.3 is 5.97 Å². The molecule has 0 aliphatic rings. The second kappa shape index (κ2) is 4.24. The number of benzene rings is 1. The molecule has 2 aromatic rings. The summed E-state index contributed by atoms with van der Waals surface area (Å²) >= 11 is 0. The summed E-state index contributed by atoms with van der Waals surface area (Å²) in [4.78, 5) is 11.1. The Balaban J connectivity index is 2.74. The largest absolute Gasteiger partial charge is 0.481 e. The number of rotatable bonds is 3. The third-order valence-electron chi connectivity index (χ3n) is 3.31. The number of aromatic nitrogens is 1. The summed E-state index contributed by atoms with van der Waals surface area (Å²) in [6, 6.07) is 6.04. The summed E-state index contributed by atoms with van der Waals surface area (Å²) < 4.78 is 2.12. The van der Waals surface area contributed by atoms with E-state index >= 15 is 0 Å². The molecule has 0 saturated carbocycles. The number of para-hydroxylation sites is 1. The standard InChI is InChI=1S/C14H17NO2/c1-4-15-8-12(10(3)14(16)17)11-7-5-6-9(2)13(11)15/h5-8,10H,4H2,1-3H3,(H,16,17). The highest BCUT2D eigenvalue weighted by Crippen LogP contribution is 2.29. The summed E-state index contributed by atoms with van der Waals surface area (Å²) in [5.74, 6) is -1.24. The van der Waals surface area contributed by atoms with Crippen LogP contribution in [0.1, 0.15) is 30.9 Å². The fraction of sp³-hybridized carbons (Fsp3) is 0.357. The number of carboxylic acid groups (broad SMARTS) is 1. The van der Waals surface area contributed by atoms with Crippen molar-refractivity contribution in [2.75, 3.05) is 0 Å². The molecular formula is C14H17NO2. The predicted octanol–water partition coefficient (Wildman–Crippen LogP) is 3.16. The van der Waals surface area contributed by atoms with E-state index < -0.39 is 11.9 Å². The smallest absolute Gasteiger partial charge is 0.310 e. The molecule has 1 heterocycles. The van der Waals surface area contributed by atoms with E-state index in [1.807, 2.05) is 18.3 Å². The zero-order valence-corrected chi connectivity index (χ0v) is 10.4. The van der Waals surface area contributed by atoms with Gasteiger partial charge in [0.1, 0.15) is 0 Å². The summed E-state index contributed by atoms with van der Waals surface area (Å²) in [6.45, 7) is 6.72. The highest BCUT2D eigenvalue weighted by Gasteiger charge is 2.19. The van der Waals surface area contributed by atoms with Crippen molar-refractivity contribution in [1.82, 2.24) is 4.57 Å². The Labute approximate surface area is 101 Å². The lowest BCUT2D eigenvalue weighted by molar-refractivity contribution is -0.138. The SMILES string of the molecule is CCn1cc(C(C)C(=O)O)c2cccc(C)c21. The van der Waals surface area contributed by atoms with Crippen LogP contribution in [-0.4, -0.2) is 15.6 Å². The van der Waals surface area contributed by atoms with E-state index in [-0.39, 0.29) is 0 Å². The van der Waals surface area contributed by atoms with E-state index in [9.17, 15) is 4.79 Å². The van der Waals surface area contributed by atoms with Crippen LogP contribution in [0.3, 0.4) is 0 Å². The molecule has 0 radical (unpaired) electrons. The van der Waals surface area contributed by atoms with Crippen molar-refractivity contribution in [3.8, 4) is 0 Å². The van der Waals surface area contributed by atoms with Gasteiger partial charge in [-0.15, -0.1) is 0 Å².